The Morgan fingerprint density at radius 3 is 3.00 bits per heavy atom. The largest absolute Gasteiger partial charge is 0.324 e. The molecule has 1 aromatic rings. The van der Waals surface area contributed by atoms with Crippen molar-refractivity contribution in [1.29, 1.82) is 0 Å². The molecule has 0 saturated heterocycles. The minimum Gasteiger partial charge on any atom is -0.324 e. The molecule has 4 heteroatoms. The highest BCUT2D eigenvalue weighted by atomic mass is 19.1. The lowest BCUT2D eigenvalue weighted by Crippen LogP contribution is -2.30. The number of hydrogen-bond acceptors (Lipinski definition) is 2. The summed E-state index contributed by atoms with van der Waals surface area (Å²) in [6.45, 7) is 5.03. The second kappa shape index (κ2) is 4.84. The molecule has 2 N–H and O–H groups in total. The highest BCUT2D eigenvalue weighted by Gasteiger charge is 2.30. The lowest BCUT2D eigenvalue weighted by Gasteiger charge is -2.14. The molecule has 0 fully saturated rings. The summed E-state index contributed by atoms with van der Waals surface area (Å²) in [5.41, 5.74) is 1.41. The zero-order chi connectivity index (χ0) is 12.4. The molecule has 1 aromatic carbocycles. The Kier molecular flexibility index (Phi) is 3.43. The standard InChI is InChI=1S/C13H17FN2O/c1-3-8(2)7-15-12-10-5-4-9(14)6-11(10)16-13(12)17/h4-6,8,12,15H,3,7H2,1-2H3,(H,16,17). The fourth-order valence-electron chi connectivity index (χ4n) is 1.90. The molecule has 0 saturated carbocycles. The summed E-state index contributed by atoms with van der Waals surface area (Å²) in [7, 11) is 0. The molecule has 1 aliphatic heterocycles. The fraction of sp³-hybridized carbons (Fsp3) is 0.462. The highest BCUT2D eigenvalue weighted by Crippen LogP contribution is 2.31. The molecule has 3 nitrogen and oxygen atoms in total. The van der Waals surface area contributed by atoms with Crippen LogP contribution in [0.3, 0.4) is 0 Å². The van der Waals surface area contributed by atoms with Crippen molar-refractivity contribution in [3.8, 4) is 0 Å². The Morgan fingerprint density at radius 2 is 2.29 bits per heavy atom. The molecule has 2 rings (SSSR count). The Morgan fingerprint density at radius 1 is 1.53 bits per heavy atom. The number of fused-ring (bicyclic) bond motifs is 1. The van der Waals surface area contributed by atoms with Gasteiger partial charge in [-0.2, -0.15) is 0 Å². The van der Waals surface area contributed by atoms with Crippen LogP contribution in [0.2, 0.25) is 0 Å². The van der Waals surface area contributed by atoms with E-state index in [0.29, 0.717) is 11.6 Å². The fourth-order valence-corrected chi connectivity index (χ4v) is 1.90. The van der Waals surface area contributed by atoms with Gasteiger partial charge in [0.15, 0.2) is 0 Å². The Bertz CT molecular complexity index is 433. The summed E-state index contributed by atoms with van der Waals surface area (Å²) in [6.07, 6.45) is 1.07. The molecule has 0 aromatic heterocycles. The smallest absolute Gasteiger partial charge is 0.246 e. The van der Waals surface area contributed by atoms with E-state index in [1.54, 1.807) is 6.07 Å². The van der Waals surface area contributed by atoms with Gasteiger partial charge in [-0.05, 0) is 24.6 Å². The molecule has 1 aliphatic rings. The van der Waals surface area contributed by atoms with Gasteiger partial charge in [-0.15, -0.1) is 0 Å². The summed E-state index contributed by atoms with van der Waals surface area (Å²) in [5.74, 6) is 0.0906. The van der Waals surface area contributed by atoms with E-state index in [1.807, 2.05) is 0 Å². The summed E-state index contributed by atoms with van der Waals surface area (Å²) in [6, 6.07) is 4.06. The number of carbonyl (C=O) groups excluding carboxylic acids is 1. The van der Waals surface area contributed by atoms with Crippen LogP contribution in [0, 0.1) is 11.7 Å². The SMILES string of the molecule is CCC(C)CNC1C(=O)Nc2cc(F)ccc21. The summed E-state index contributed by atoms with van der Waals surface area (Å²) >= 11 is 0. The Hall–Kier alpha value is -1.42. The van der Waals surface area contributed by atoms with Crippen molar-refractivity contribution in [3.63, 3.8) is 0 Å². The molecule has 1 amide bonds. The maximum Gasteiger partial charge on any atom is 0.246 e. The van der Waals surface area contributed by atoms with E-state index < -0.39 is 0 Å². The molecule has 1 heterocycles. The van der Waals surface area contributed by atoms with Gasteiger partial charge < -0.3 is 10.6 Å². The van der Waals surface area contributed by atoms with Crippen molar-refractivity contribution >= 4 is 11.6 Å². The third-order valence-corrected chi connectivity index (χ3v) is 3.21. The van der Waals surface area contributed by atoms with Crippen LogP contribution < -0.4 is 10.6 Å². The quantitative estimate of drug-likeness (QED) is 0.843. The maximum atomic E-state index is 13.0. The van der Waals surface area contributed by atoms with E-state index >= 15 is 0 Å². The van der Waals surface area contributed by atoms with Gasteiger partial charge >= 0.3 is 0 Å². The van der Waals surface area contributed by atoms with Gasteiger partial charge in [0.1, 0.15) is 11.9 Å². The highest BCUT2D eigenvalue weighted by molar-refractivity contribution is 6.02. The van der Waals surface area contributed by atoms with Crippen LogP contribution in [-0.2, 0) is 4.79 Å². The first-order chi connectivity index (χ1) is 8.11. The third-order valence-electron chi connectivity index (χ3n) is 3.21. The van der Waals surface area contributed by atoms with Gasteiger partial charge in [0.2, 0.25) is 5.91 Å². The van der Waals surface area contributed by atoms with E-state index in [9.17, 15) is 9.18 Å². The van der Waals surface area contributed by atoms with E-state index in [4.69, 9.17) is 0 Å². The zero-order valence-electron chi connectivity index (χ0n) is 10.1. The lowest BCUT2D eigenvalue weighted by molar-refractivity contribution is -0.117. The number of anilines is 1. The Balaban J connectivity index is 2.12. The number of rotatable bonds is 4. The monoisotopic (exact) mass is 236 g/mol. The average Bonchev–Trinajstić information content (AvgIpc) is 2.61. The summed E-state index contributed by atoms with van der Waals surface area (Å²) in [5, 5.41) is 5.91. The minimum absolute atomic E-state index is 0.103. The van der Waals surface area contributed by atoms with Gasteiger partial charge in [0, 0.05) is 11.3 Å². The third kappa shape index (κ3) is 2.47. The Labute approximate surface area is 100 Å². The predicted molar refractivity (Wildman–Crippen MR) is 65.2 cm³/mol. The normalized spacial score (nSPS) is 19.9. The molecular formula is C13H17FN2O. The van der Waals surface area contributed by atoms with Crippen LogP contribution in [0.1, 0.15) is 31.9 Å². The van der Waals surface area contributed by atoms with Crippen molar-refractivity contribution < 1.29 is 9.18 Å². The van der Waals surface area contributed by atoms with Crippen molar-refractivity contribution in [2.45, 2.75) is 26.3 Å². The first-order valence-electron chi connectivity index (χ1n) is 5.95. The maximum absolute atomic E-state index is 13.0. The predicted octanol–water partition coefficient (Wildman–Crippen LogP) is 2.45. The molecule has 0 radical (unpaired) electrons. The molecule has 92 valence electrons. The first-order valence-corrected chi connectivity index (χ1v) is 5.95. The molecular weight excluding hydrogens is 219 g/mol. The molecule has 2 unspecified atom stereocenters. The number of amides is 1. The molecule has 0 bridgehead atoms. The average molecular weight is 236 g/mol. The van der Waals surface area contributed by atoms with Crippen LogP contribution in [0.5, 0.6) is 0 Å². The van der Waals surface area contributed by atoms with Crippen LogP contribution in [0.25, 0.3) is 0 Å². The van der Waals surface area contributed by atoms with Crippen molar-refractivity contribution in [3.05, 3.63) is 29.6 Å². The molecule has 17 heavy (non-hydrogen) atoms. The zero-order valence-corrected chi connectivity index (χ0v) is 10.1. The number of nitrogens with one attached hydrogen (secondary N) is 2. The summed E-state index contributed by atoms with van der Waals surface area (Å²) < 4.78 is 13.0. The second-order valence-corrected chi connectivity index (χ2v) is 4.58. The molecule has 0 aliphatic carbocycles. The van der Waals surface area contributed by atoms with Gasteiger partial charge in [0.25, 0.3) is 0 Å². The minimum atomic E-state index is -0.348. The van der Waals surface area contributed by atoms with Crippen molar-refractivity contribution in [2.75, 3.05) is 11.9 Å². The van der Waals surface area contributed by atoms with Gasteiger partial charge in [0.05, 0.1) is 0 Å². The molecule has 0 spiro atoms. The van der Waals surface area contributed by atoms with Gasteiger partial charge in [-0.1, -0.05) is 26.3 Å². The van der Waals surface area contributed by atoms with Crippen molar-refractivity contribution in [1.82, 2.24) is 5.32 Å². The van der Waals surface area contributed by atoms with Crippen molar-refractivity contribution in [2.24, 2.45) is 5.92 Å². The van der Waals surface area contributed by atoms with Crippen LogP contribution in [0.4, 0.5) is 10.1 Å². The van der Waals surface area contributed by atoms with Gasteiger partial charge in [-0.25, -0.2) is 4.39 Å². The van der Waals surface area contributed by atoms with Gasteiger partial charge in [-0.3, -0.25) is 4.79 Å². The van der Waals surface area contributed by atoms with Crippen LogP contribution >= 0.6 is 0 Å². The van der Waals surface area contributed by atoms with E-state index in [0.717, 1.165) is 18.5 Å². The van der Waals surface area contributed by atoms with E-state index in [1.165, 1.54) is 12.1 Å². The van der Waals surface area contributed by atoms with E-state index in [2.05, 4.69) is 24.5 Å². The van der Waals surface area contributed by atoms with E-state index in [-0.39, 0.29) is 17.8 Å². The summed E-state index contributed by atoms with van der Waals surface area (Å²) in [4.78, 5) is 11.7. The second-order valence-electron chi connectivity index (χ2n) is 4.58. The lowest BCUT2D eigenvalue weighted by atomic mass is 10.1. The number of halogens is 1. The number of benzene rings is 1. The topological polar surface area (TPSA) is 41.1 Å². The number of hydrogen-bond donors (Lipinski definition) is 2. The van der Waals surface area contributed by atoms with Crippen LogP contribution in [-0.4, -0.2) is 12.5 Å². The number of carbonyl (C=O) groups is 1. The molecule has 2 atom stereocenters. The van der Waals surface area contributed by atoms with Crippen LogP contribution in [0.15, 0.2) is 18.2 Å². The first kappa shape index (κ1) is 12.0.